The van der Waals surface area contributed by atoms with Crippen molar-refractivity contribution in [2.24, 2.45) is 0 Å². The fraction of sp³-hybridized carbons (Fsp3) is 0.579. The van der Waals surface area contributed by atoms with Gasteiger partial charge in [0.05, 0.1) is 0 Å². The third kappa shape index (κ3) is 3.05. The zero-order valence-electron chi connectivity index (χ0n) is 14.7. The van der Waals surface area contributed by atoms with E-state index in [1.807, 2.05) is 13.0 Å². The number of hydrogen-bond acceptors (Lipinski definition) is 5. The van der Waals surface area contributed by atoms with Crippen molar-refractivity contribution in [3.05, 3.63) is 34.8 Å². The molecule has 5 nitrogen and oxygen atoms in total. The van der Waals surface area contributed by atoms with Crippen LogP contribution >= 0.6 is 0 Å². The van der Waals surface area contributed by atoms with Crippen LogP contribution in [0.25, 0.3) is 0 Å². The average molecular weight is 331 g/mol. The first kappa shape index (κ1) is 17.0. The van der Waals surface area contributed by atoms with E-state index in [1.165, 1.54) is 5.70 Å². The van der Waals surface area contributed by atoms with Crippen molar-refractivity contribution in [3.8, 4) is 0 Å². The summed E-state index contributed by atoms with van der Waals surface area (Å²) in [6.45, 7) is 5.55. The number of ether oxygens (including phenoxy) is 2. The van der Waals surface area contributed by atoms with Crippen molar-refractivity contribution in [2.45, 2.75) is 51.6 Å². The maximum Gasteiger partial charge on any atom is 0.339 e. The molecule has 24 heavy (non-hydrogen) atoms. The lowest BCUT2D eigenvalue weighted by molar-refractivity contribution is -0.133. The van der Waals surface area contributed by atoms with Gasteiger partial charge < -0.3 is 14.4 Å². The largest absolute Gasteiger partial charge is 0.424 e. The number of esters is 1. The van der Waals surface area contributed by atoms with Crippen molar-refractivity contribution in [2.75, 3.05) is 20.2 Å². The van der Waals surface area contributed by atoms with E-state index in [0.717, 1.165) is 44.3 Å². The average Bonchev–Trinajstić information content (AvgIpc) is 3.03. The first-order chi connectivity index (χ1) is 11.4. The summed E-state index contributed by atoms with van der Waals surface area (Å²) in [5.41, 5.74) is 2.10. The number of carbonyl (C=O) groups is 2. The van der Waals surface area contributed by atoms with Gasteiger partial charge >= 0.3 is 5.97 Å². The van der Waals surface area contributed by atoms with E-state index in [0.29, 0.717) is 17.8 Å². The van der Waals surface area contributed by atoms with Gasteiger partial charge in [0.2, 0.25) is 0 Å². The summed E-state index contributed by atoms with van der Waals surface area (Å²) in [4.78, 5) is 26.2. The number of unbranched alkanes of at least 4 members (excludes halogenated alkanes) is 1. The molecule has 5 heteroatoms. The topological polar surface area (TPSA) is 55.8 Å². The number of allylic oxidation sites excluding steroid dienone is 2. The van der Waals surface area contributed by atoms with Crippen molar-refractivity contribution in [1.29, 1.82) is 0 Å². The van der Waals surface area contributed by atoms with Gasteiger partial charge in [-0.1, -0.05) is 0 Å². The molecule has 0 saturated heterocycles. The number of methoxy groups -OCH3 is 1. The quantitative estimate of drug-likeness (QED) is 0.573. The minimum Gasteiger partial charge on any atom is -0.424 e. The highest BCUT2D eigenvalue weighted by molar-refractivity contribution is 6.05. The Morgan fingerprint density at radius 1 is 1.42 bits per heavy atom. The number of rotatable bonds is 5. The van der Waals surface area contributed by atoms with Crippen molar-refractivity contribution >= 4 is 11.8 Å². The number of Topliss-reactive ketones (excluding diaryl/α,β-unsaturated/α-hetero) is 1. The molecule has 0 aromatic heterocycles. The predicted molar refractivity (Wildman–Crippen MR) is 90.0 cm³/mol. The Morgan fingerprint density at radius 3 is 2.88 bits per heavy atom. The highest BCUT2D eigenvalue weighted by Crippen LogP contribution is 2.40. The summed E-state index contributed by atoms with van der Waals surface area (Å²) >= 11 is 0. The van der Waals surface area contributed by atoms with Crippen LogP contribution in [0.15, 0.2) is 34.8 Å². The molecule has 0 fully saturated rings. The molecule has 0 unspecified atom stereocenters. The molecule has 3 aliphatic rings. The fourth-order valence-electron chi connectivity index (χ4n) is 3.63. The molecular formula is C19H25NO4. The number of hydrogen-bond donors (Lipinski definition) is 0. The van der Waals surface area contributed by atoms with E-state index in [4.69, 9.17) is 9.47 Å². The molecule has 2 aliphatic heterocycles. The van der Waals surface area contributed by atoms with Gasteiger partial charge in [-0.3, -0.25) is 4.79 Å². The van der Waals surface area contributed by atoms with E-state index in [9.17, 15) is 9.59 Å². The molecule has 1 aliphatic carbocycles. The van der Waals surface area contributed by atoms with E-state index < -0.39 is 5.60 Å². The maximum absolute atomic E-state index is 12.5. The Hall–Kier alpha value is -1.88. The number of ketones is 1. The van der Waals surface area contributed by atoms with Crippen LogP contribution in [0.5, 0.6) is 0 Å². The fourth-order valence-corrected chi connectivity index (χ4v) is 3.63. The van der Waals surface area contributed by atoms with Gasteiger partial charge in [0, 0.05) is 43.5 Å². The first-order valence-electron chi connectivity index (χ1n) is 8.62. The van der Waals surface area contributed by atoms with Gasteiger partial charge in [-0.05, 0) is 51.7 Å². The molecule has 130 valence electrons. The number of cyclic esters (lactones) is 1. The Labute approximate surface area is 143 Å². The molecule has 3 rings (SSSR count). The molecule has 0 saturated carbocycles. The maximum atomic E-state index is 12.5. The summed E-state index contributed by atoms with van der Waals surface area (Å²) in [6, 6.07) is 0. The zero-order chi connectivity index (χ0) is 17.3. The summed E-state index contributed by atoms with van der Waals surface area (Å²) in [7, 11) is 1.62. The van der Waals surface area contributed by atoms with Crippen LogP contribution in [-0.4, -0.2) is 42.5 Å². The second-order valence-corrected chi connectivity index (χ2v) is 6.92. The van der Waals surface area contributed by atoms with Gasteiger partial charge in [-0.15, -0.1) is 0 Å². The standard InChI is InChI=1S/C19H25NO4/c1-13-11-14(24-18(13)22)7-4-5-9-20-10-6-8-15-16(20)12-19(2,23-3)17(15)21/h7,11H,4-6,8-10,12H2,1-3H3/b14-7+/t19-/m0/s1. The zero-order valence-corrected chi connectivity index (χ0v) is 14.7. The summed E-state index contributed by atoms with van der Waals surface area (Å²) in [5, 5.41) is 0. The molecule has 1 atom stereocenters. The van der Waals surface area contributed by atoms with Gasteiger partial charge in [-0.2, -0.15) is 0 Å². The second kappa shape index (κ2) is 6.55. The lowest BCUT2D eigenvalue weighted by Crippen LogP contribution is -2.34. The van der Waals surface area contributed by atoms with E-state index >= 15 is 0 Å². The molecule has 0 radical (unpaired) electrons. The Balaban J connectivity index is 1.57. The van der Waals surface area contributed by atoms with Crippen molar-refractivity contribution in [1.82, 2.24) is 4.90 Å². The molecular weight excluding hydrogens is 306 g/mol. The van der Waals surface area contributed by atoms with Crippen LogP contribution in [-0.2, 0) is 19.1 Å². The molecule has 0 aromatic carbocycles. The van der Waals surface area contributed by atoms with Crippen LogP contribution < -0.4 is 0 Å². The second-order valence-electron chi connectivity index (χ2n) is 6.92. The number of carbonyl (C=O) groups excluding carboxylic acids is 2. The lowest BCUT2D eigenvalue weighted by Gasteiger charge is -2.31. The van der Waals surface area contributed by atoms with E-state index in [2.05, 4.69) is 4.90 Å². The van der Waals surface area contributed by atoms with Crippen LogP contribution in [0.2, 0.25) is 0 Å². The summed E-state index contributed by atoms with van der Waals surface area (Å²) < 4.78 is 10.6. The highest BCUT2D eigenvalue weighted by Gasteiger charge is 2.45. The minimum absolute atomic E-state index is 0.158. The molecule has 0 bridgehead atoms. The number of nitrogens with zero attached hydrogens (tertiary/aromatic N) is 1. The molecule has 0 N–H and O–H groups in total. The third-order valence-corrected chi connectivity index (χ3v) is 5.16. The smallest absolute Gasteiger partial charge is 0.339 e. The normalized spacial score (nSPS) is 28.5. The Bertz CT molecular complexity index is 658. The van der Waals surface area contributed by atoms with Gasteiger partial charge in [0.1, 0.15) is 11.4 Å². The minimum atomic E-state index is -0.685. The van der Waals surface area contributed by atoms with Gasteiger partial charge in [0.15, 0.2) is 5.78 Å². The monoisotopic (exact) mass is 331 g/mol. The lowest BCUT2D eigenvalue weighted by atomic mass is 9.98. The summed E-state index contributed by atoms with van der Waals surface area (Å²) in [6.07, 6.45) is 8.12. The Kier molecular flexibility index (Phi) is 4.63. The summed E-state index contributed by atoms with van der Waals surface area (Å²) in [5.74, 6) is 0.555. The highest BCUT2D eigenvalue weighted by atomic mass is 16.5. The van der Waals surface area contributed by atoms with Crippen LogP contribution in [0, 0.1) is 0 Å². The van der Waals surface area contributed by atoms with E-state index in [1.54, 1.807) is 20.1 Å². The van der Waals surface area contributed by atoms with Crippen LogP contribution in [0.3, 0.4) is 0 Å². The first-order valence-corrected chi connectivity index (χ1v) is 8.62. The molecule has 2 heterocycles. The van der Waals surface area contributed by atoms with Crippen molar-refractivity contribution < 1.29 is 19.1 Å². The van der Waals surface area contributed by atoms with Crippen molar-refractivity contribution in [3.63, 3.8) is 0 Å². The SMILES string of the molecule is CO[C@@]1(C)CC2=C(CCCN2CCC/C=C2\C=C(C)C(=O)O2)C1=O. The van der Waals surface area contributed by atoms with E-state index in [-0.39, 0.29) is 11.8 Å². The molecule has 0 aromatic rings. The molecule has 0 amide bonds. The predicted octanol–water partition coefficient (Wildman–Crippen LogP) is 2.88. The molecule has 0 spiro atoms. The van der Waals surface area contributed by atoms with Crippen LogP contribution in [0.4, 0.5) is 0 Å². The van der Waals surface area contributed by atoms with Crippen LogP contribution in [0.1, 0.15) is 46.0 Å². The Morgan fingerprint density at radius 2 is 2.21 bits per heavy atom. The van der Waals surface area contributed by atoms with Gasteiger partial charge in [-0.25, -0.2) is 4.79 Å². The van der Waals surface area contributed by atoms with Gasteiger partial charge in [0.25, 0.3) is 0 Å². The third-order valence-electron chi connectivity index (χ3n) is 5.16.